The molecule has 0 fully saturated rings. The molecule has 1 rings (SSSR count). The van der Waals surface area contributed by atoms with Crippen LogP contribution in [0.5, 0.6) is 0 Å². The molecular weight excluding hydrogens is 238 g/mol. The van der Waals surface area contributed by atoms with Crippen LogP contribution in [0.4, 0.5) is 0 Å². The zero-order valence-electron chi connectivity index (χ0n) is 12.2. The van der Waals surface area contributed by atoms with Gasteiger partial charge in [0.05, 0.1) is 0 Å². The Bertz CT molecular complexity index is 304. The number of thioether (sulfide) groups is 1. The zero-order chi connectivity index (χ0) is 13.4. The first kappa shape index (κ1) is 15.6. The van der Waals surface area contributed by atoms with Crippen molar-refractivity contribution in [2.45, 2.75) is 45.6 Å². The molecular formula is C16H27NS. The molecule has 18 heavy (non-hydrogen) atoms. The van der Waals surface area contributed by atoms with Gasteiger partial charge in [-0.25, -0.2) is 0 Å². The summed E-state index contributed by atoms with van der Waals surface area (Å²) in [4.78, 5) is 1.40. The standard InChI is InChI=1S/C16H27NS/c1-13(2)8-9-18-16-7-5-6-15(10-16)12-17-11-14(3)4/h5-7,10,13-14,17H,8-9,11-12H2,1-4H3. The molecule has 2 heteroatoms. The van der Waals surface area contributed by atoms with Crippen LogP contribution < -0.4 is 5.32 Å². The van der Waals surface area contributed by atoms with Crippen molar-refractivity contribution in [1.29, 1.82) is 0 Å². The fourth-order valence-electron chi connectivity index (χ4n) is 1.66. The third-order valence-corrected chi connectivity index (χ3v) is 3.77. The van der Waals surface area contributed by atoms with Crippen LogP contribution in [0.2, 0.25) is 0 Å². The van der Waals surface area contributed by atoms with Crippen molar-refractivity contribution in [1.82, 2.24) is 5.32 Å². The van der Waals surface area contributed by atoms with E-state index in [0.717, 1.165) is 19.0 Å². The van der Waals surface area contributed by atoms with Gasteiger partial charge in [0.1, 0.15) is 0 Å². The molecule has 0 saturated carbocycles. The number of benzene rings is 1. The Kier molecular flexibility index (Phi) is 7.45. The summed E-state index contributed by atoms with van der Waals surface area (Å²) in [6.45, 7) is 11.1. The van der Waals surface area contributed by atoms with Crippen LogP contribution >= 0.6 is 11.8 Å². The van der Waals surface area contributed by atoms with E-state index in [2.05, 4.69) is 57.3 Å². The first-order chi connectivity index (χ1) is 8.58. The lowest BCUT2D eigenvalue weighted by molar-refractivity contribution is 0.552. The van der Waals surface area contributed by atoms with Gasteiger partial charge in [-0.3, -0.25) is 0 Å². The normalized spacial score (nSPS) is 11.4. The Labute approximate surface area is 117 Å². The average Bonchev–Trinajstić information content (AvgIpc) is 2.28. The molecule has 0 aliphatic rings. The van der Waals surface area contributed by atoms with Gasteiger partial charge in [-0.05, 0) is 48.3 Å². The molecule has 0 aromatic heterocycles. The van der Waals surface area contributed by atoms with Crippen molar-refractivity contribution in [3.8, 4) is 0 Å². The van der Waals surface area contributed by atoms with Crippen molar-refractivity contribution in [3.63, 3.8) is 0 Å². The van der Waals surface area contributed by atoms with Crippen molar-refractivity contribution < 1.29 is 0 Å². The minimum absolute atomic E-state index is 0.716. The third-order valence-electron chi connectivity index (χ3n) is 2.74. The van der Waals surface area contributed by atoms with Gasteiger partial charge in [0.15, 0.2) is 0 Å². The molecule has 0 aliphatic carbocycles. The minimum Gasteiger partial charge on any atom is -0.312 e. The maximum atomic E-state index is 3.49. The van der Waals surface area contributed by atoms with Gasteiger partial charge < -0.3 is 5.32 Å². The lowest BCUT2D eigenvalue weighted by Crippen LogP contribution is -2.18. The highest BCUT2D eigenvalue weighted by atomic mass is 32.2. The molecule has 0 unspecified atom stereocenters. The summed E-state index contributed by atoms with van der Waals surface area (Å²) < 4.78 is 0. The number of hydrogen-bond acceptors (Lipinski definition) is 2. The van der Waals surface area contributed by atoms with E-state index in [9.17, 15) is 0 Å². The molecule has 0 aliphatic heterocycles. The van der Waals surface area contributed by atoms with Crippen molar-refractivity contribution in [3.05, 3.63) is 29.8 Å². The summed E-state index contributed by atoms with van der Waals surface area (Å²) in [6.07, 6.45) is 1.29. The molecule has 1 nitrogen and oxygen atoms in total. The summed E-state index contributed by atoms with van der Waals surface area (Å²) in [5.74, 6) is 2.74. The van der Waals surface area contributed by atoms with E-state index in [1.54, 1.807) is 0 Å². The second kappa shape index (κ2) is 8.60. The van der Waals surface area contributed by atoms with Crippen LogP contribution in [0.3, 0.4) is 0 Å². The molecule has 0 heterocycles. The second-order valence-electron chi connectivity index (χ2n) is 5.70. The lowest BCUT2D eigenvalue weighted by atomic mass is 10.2. The van der Waals surface area contributed by atoms with Crippen molar-refractivity contribution >= 4 is 11.8 Å². The van der Waals surface area contributed by atoms with Gasteiger partial charge in [0.25, 0.3) is 0 Å². The number of rotatable bonds is 8. The summed E-state index contributed by atoms with van der Waals surface area (Å²) in [5.41, 5.74) is 1.39. The van der Waals surface area contributed by atoms with Crippen LogP contribution in [0, 0.1) is 11.8 Å². The molecule has 0 amide bonds. The fourth-order valence-corrected chi connectivity index (χ4v) is 2.90. The predicted octanol–water partition coefficient (Wildman–Crippen LogP) is 4.57. The van der Waals surface area contributed by atoms with Crippen LogP contribution in [0.15, 0.2) is 29.2 Å². The van der Waals surface area contributed by atoms with Crippen LogP contribution in [0.25, 0.3) is 0 Å². The molecule has 0 atom stereocenters. The van der Waals surface area contributed by atoms with E-state index in [4.69, 9.17) is 0 Å². The lowest BCUT2D eigenvalue weighted by Gasteiger charge is -2.09. The highest BCUT2D eigenvalue weighted by molar-refractivity contribution is 7.99. The zero-order valence-corrected chi connectivity index (χ0v) is 13.0. The monoisotopic (exact) mass is 265 g/mol. The summed E-state index contributed by atoms with van der Waals surface area (Å²) >= 11 is 1.97. The molecule has 1 aromatic rings. The van der Waals surface area contributed by atoms with E-state index < -0.39 is 0 Å². The SMILES string of the molecule is CC(C)CCSc1cccc(CNCC(C)C)c1. The summed E-state index contributed by atoms with van der Waals surface area (Å²) in [6, 6.07) is 8.92. The van der Waals surface area contributed by atoms with E-state index >= 15 is 0 Å². The maximum Gasteiger partial charge on any atom is 0.0206 e. The van der Waals surface area contributed by atoms with E-state index in [1.165, 1.54) is 22.6 Å². The van der Waals surface area contributed by atoms with E-state index in [-0.39, 0.29) is 0 Å². The van der Waals surface area contributed by atoms with Gasteiger partial charge in [0.2, 0.25) is 0 Å². The van der Waals surface area contributed by atoms with Gasteiger partial charge in [0, 0.05) is 11.4 Å². The highest BCUT2D eigenvalue weighted by Crippen LogP contribution is 2.21. The predicted molar refractivity (Wildman–Crippen MR) is 83.2 cm³/mol. The fraction of sp³-hybridized carbons (Fsp3) is 0.625. The molecule has 0 radical (unpaired) electrons. The van der Waals surface area contributed by atoms with E-state index in [1.807, 2.05) is 11.8 Å². The van der Waals surface area contributed by atoms with Crippen LogP contribution in [-0.2, 0) is 6.54 Å². The van der Waals surface area contributed by atoms with Crippen molar-refractivity contribution in [2.24, 2.45) is 11.8 Å². The molecule has 0 spiro atoms. The molecule has 1 N–H and O–H groups in total. The Balaban J connectivity index is 2.36. The molecule has 1 aromatic carbocycles. The van der Waals surface area contributed by atoms with Crippen LogP contribution in [-0.4, -0.2) is 12.3 Å². The first-order valence-electron chi connectivity index (χ1n) is 7.00. The summed E-state index contributed by atoms with van der Waals surface area (Å²) in [7, 11) is 0. The Hall–Kier alpha value is -0.470. The van der Waals surface area contributed by atoms with Gasteiger partial charge in [-0.15, -0.1) is 11.8 Å². The molecule has 0 bridgehead atoms. The smallest absolute Gasteiger partial charge is 0.0206 e. The third kappa shape index (κ3) is 7.07. The van der Waals surface area contributed by atoms with Gasteiger partial charge >= 0.3 is 0 Å². The number of nitrogens with one attached hydrogen (secondary N) is 1. The minimum atomic E-state index is 0.716. The molecule has 102 valence electrons. The van der Waals surface area contributed by atoms with Gasteiger partial charge in [-0.1, -0.05) is 39.8 Å². The maximum absolute atomic E-state index is 3.49. The largest absolute Gasteiger partial charge is 0.312 e. The van der Waals surface area contributed by atoms with Crippen LogP contribution in [0.1, 0.15) is 39.7 Å². The van der Waals surface area contributed by atoms with Gasteiger partial charge in [-0.2, -0.15) is 0 Å². The average molecular weight is 265 g/mol. The quantitative estimate of drug-likeness (QED) is 0.691. The first-order valence-corrected chi connectivity index (χ1v) is 7.99. The highest BCUT2D eigenvalue weighted by Gasteiger charge is 1.99. The second-order valence-corrected chi connectivity index (χ2v) is 6.87. The van der Waals surface area contributed by atoms with E-state index in [0.29, 0.717) is 5.92 Å². The number of hydrogen-bond donors (Lipinski definition) is 1. The Morgan fingerprint density at radius 2 is 1.89 bits per heavy atom. The Morgan fingerprint density at radius 3 is 2.56 bits per heavy atom. The van der Waals surface area contributed by atoms with Crippen molar-refractivity contribution in [2.75, 3.05) is 12.3 Å². The molecule has 0 saturated heterocycles. The Morgan fingerprint density at radius 1 is 1.11 bits per heavy atom. The summed E-state index contributed by atoms with van der Waals surface area (Å²) in [5, 5.41) is 3.49. The topological polar surface area (TPSA) is 12.0 Å².